The molecule has 3 aromatic rings. The number of para-hydroxylation sites is 1. The Kier molecular flexibility index (Phi) is 4.50. The van der Waals surface area contributed by atoms with Crippen LogP contribution in [0, 0.1) is 0 Å². The van der Waals surface area contributed by atoms with E-state index in [4.69, 9.17) is 4.74 Å². The number of benzene rings is 2. The first-order valence-electron chi connectivity index (χ1n) is 8.89. The van der Waals surface area contributed by atoms with Gasteiger partial charge in [-0.25, -0.2) is 4.79 Å². The molecule has 0 aliphatic carbocycles. The number of fused-ring (bicyclic) bond motifs is 1. The van der Waals surface area contributed by atoms with Crippen LogP contribution in [0.25, 0.3) is 10.9 Å². The van der Waals surface area contributed by atoms with Gasteiger partial charge in [-0.15, -0.1) is 4.68 Å². The number of rotatable bonds is 4. The number of aromatic nitrogens is 2. The van der Waals surface area contributed by atoms with Crippen molar-refractivity contribution < 1.29 is 4.74 Å². The number of ether oxygens (including phenoxy) is 1. The summed E-state index contributed by atoms with van der Waals surface area (Å²) in [7, 11) is 1.59. The van der Waals surface area contributed by atoms with Gasteiger partial charge in [-0.05, 0) is 37.1 Å². The second-order valence-corrected chi connectivity index (χ2v) is 6.46. The topological polar surface area (TPSA) is 79.7 Å². The lowest BCUT2D eigenvalue weighted by atomic mass is 10.2. The Labute approximate surface area is 155 Å². The minimum atomic E-state index is -0.581. The molecule has 0 atom stereocenters. The van der Waals surface area contributed by atoms with Crippen molar-refractivity contribution in [2.24, 2.45) is 5.10 Å². The molecule has 2 aromatic carbocycles. The summed E-state index contributed by atoms with van der Waals surface area (Å²) >= 11 is 0. The van der Waals surface area contributed by atoms with Crippen molar-refractivity contribution in [3.05, 3.63) is 68.9 Å². The monoisotopic (exact) mass is 364 g/mol. The molecule has 138 valence electrons. The third kappa shape index (κ3) is 3.23. The zero-order chi connectivity index (χ0) is 18.8. The number of hydrogen-bond donors (Lipinski definition) is 1. The molecule has 0 spiro atoms. The van der Waals surface area contributed by atoms with Crippen LogP contribution in [0.3, 0.4) is 0 Å². The minimum Gasteiger partial charge on any atom is -0.496 e. The Morgan fingerprint density at radius 2 is 1.89 bits per heavy atom. The van der Waals surface area contributed by atoms with Crippen molar-refractivity contribution in [2.75, 3.05) is 25.1 Å². The molecule has 0 bridgehead atoms. The van der Waals surface area contributed by atoms with Crippen molar-refractivity contribution in [1.82, 2.24) is 9.66 Å². The number of nitrogens with one attached hydrogen (secondary N) is 1. The first kappa shape index (κ1) is 17.1. The fourth-order valence-corrected chi connectivity index (χ4v) is 3.36. The highest BCUT2D eigenvalue weighted by atomic mass is 16.5. The van der Waals surface area contributed by atoms with Crippen LogP contribution < -0.4 is 20.9 Å². The smallest absolute Gasteiger partial charge is 0.349 e. The molecule has 0 saturated carbocycles. The third-order valence-corrected chi connectivity index (χ3v) is 4.78. The summed E-state index contributed by atoms with van der Waals surface area (Å²) in [6.45, 7) is 2.08. The van der Waals surface area contributed by atoms with Crippen LogP contribution in [-0.4, -0.2) is 36.1 Å². The SMILES string of the molecule is COc1cc(N2CCCC2)ccc1C=Nn1c(=O)[nH]c2ccccc2c1=O. The summed E-state index contributed by atoms with van der Waals surface area (Å²) in [4.78, 5) is 29.7. The van der Waals surface area contributed by atoms with Crippen molar-refractivity contribution in [3.63, 3.8) is 0 Å². The summed E-state index contributed by atoms with van der Waals surface area (Å²) in [6, 6.07) is 12.7. The van der Waals surface area contributed by atoms with Gasteiger partial charge in [0.25, 0.3) is 5.56 Å². The Bertz CT molecular complexity index is 1120. The van der Waals surface area contributed by atoms with Gasteiger partial charge in [0.2, 0.25) is 0 Å². The standard InChI is InChI=1S/C20H20N4O3/c1-27-18-12-15(23-10-4-5-11-23)9-8-14(18)13-21-24-19(25)16-6-2-3-7-17(16)22-20(24)26/h2-3,6-9,12-13H,4-5,10-11H2,1H3,(H,22,26). The Morgan fingerprint density at radius 3 is 2.67 bits per heavy atom. The van der Waals surface area contributed by atoms with E-state index in [1.54, 1.807) is 31.4 Å². The predicted molar refractivity (Wildman–Crippen MR) is 106 cm³/mol. The van der Waals surface area contributed by atoms with E-state index in [0.29, 0.717) is 22.2 Å². The third-order valence-electron chi connectivity index (χ3n) is 4.78. The van der Waals surface area contributed by atoms with Gasteiger partial charge in [-0.3, -0.25) is 4.79 Å². The number of nitrogens with zero attached hydrogens (tertiary/aromatic N) is 3. The second-order valence-electron chi connectivity index (χ2n) is 6.46. The lowest BCUT2D eigenvalue weighted by Crippen LogP contribution is -2.32. The summed E-state index contributed by atoms with van der Waals surface area (Å²) in [5, 5.41) is 4.51. The van der Waals surface area contributed by atoms with Gasteiger partial charge in [-0.1, -0.05) is 12.1 Å². The number of methoxy groups -OCH3 is 1. The van der Waals surface area contributed by atoms with E-state index in [0.717, 1.165) is 23.5 Å². The number of hydrogen-bond acceptors (Lipinski definition) is 5. The molecule has 1 aliphatic rings. The molecule has 4 rings (SSSR count). The molecule has 1 N–H and O–H groups in total. The highest BCUT2D eigenvalue weighted by molar-refractivity contribution is 5.85. The van der Waals surface area contributed by atoms with Gasteiger partial charge in [-0.2, -0.15) is 5.10 Å². The Balaban J connectivity index is 1.72. The van der Waals surface area contributed by atoms with Crippen molar-refractivity contribution in [3.8, 4) is 5.75 Å². The maximum Gasteiger partial charge on any atom is 0.349 e. The molecule has 0 radical (unpaired) electrons. The minimum absolute atomic E-state index is 0.408. The Morgan fingerprint density at radius 1 is 1.11 bits per heavy atom. The lowest BCUT2D eigenvalue weighted by Gasteiger charge is -2.18. The molecule has 1 aliphatic heterocycles. The summed E-state index contributed by atoms with van der Waals surface area (Å²) in [6.07, 6.45) is 3.86. The fourth-order valence-electron chi connectivity index (χ4n) is 3.36. The fraction of sp³-hybridized carbons (Fsp3) is 0.250. The maximum absolute atomic E-state index is 12.5. The van der Waals surface area contributed by atoms with Gasteiger partial charge >= 0.3 is 5.69 Å². The molecular weight excluding hydrogens is 344 g/mol. The van der Waals surface area contributed by atoms with Crippen molar-refractivity contribution >= 4 is 22.8 Å². The molecule has 1 saturated heterocycles. The number of anilines is 1. The van der Waals surface area contributed by atoms with Crippen LogP contribution >= 0.6 is 0 Å². The van der Waals surface area contributed by atoms with Crippen LogP contribution in [0.1, 0.15) is 18.4 Å². The van der Waals surface area contributed by atoms with Crippen LogP contribution in [0.15, 0.2) is 57.2 Å². The molecule has 27 heavy (non-hydrogen) atoms. The number of H-pyrrole nitrogens is 1. The average molecular weight is 364 g/mol. The van der Waals surface area contributed by atoms with Gasteiger partial charge in [0.05, 0.1) is 24.2 Å². The van der Waals surface area contributed by atoms with E-state index in [-0.39, 0.29) is 0 Å². The predicted octanol–water partition coefficient (Wildman–Crippen LogP) is 2.18. The normalized spacial score (nSPS) is 14.3. The van der Waals surface area contributed by atoms with E-state index in [2.05, 4.69) is 15.0 Å². The summed E-state index contributed by atoms with van der Waals surface area (Å²) in [5.74, 6) is 0.647. The molecule has 0 amide bonds. The zero-order valence-electron chi connectivity index (χ0n) is 15.0. The van der Waals surface area contributed by atoms with Crippen LogP contribution in [0.2, 0.25) is 0 Å². The van der Waals surface area contributed by atoms with E-state index >= 15 is 0 Å². The second kappa shape index (κ2) is 7.11. The van der Waals surface area contributed by atoms with E-state index < -0.39 is 11.2 Å². The first-order valence-corrected chi connectivity index (χ1v) is 8.89. The molecule has 0 unspecified atom stereocenters. The van der Waals surface area contributed by atoms with Crippen molar-refractivity contribution in [1.29, 1.82) is 0 Å². The van der Waals surface area contributed by atoms with Gasteiger partial charge in [0, 0.05) is 30.4 Å². The van der Waals surface area contributed by atoms with E-state index in [1.165, 1.54) is 19.1 Å². The van der Waals surface area contributed by atoms with Gasteiger partial charge < -0.3 is 14.6 Å². The molecule has 2 heterocycles. The van der Waals surface area contributed by atoms with Gasteiger partial charge in [0.1, 0.15) is 5.75 Å². The average Bonchev–Trinajstić information content (AvgIpc) is 3.22. The quantitative estimate of drug-likeness (QED) is 0.720. The molecular formula is C20H20N4O3. The molecule has 1 aromatic heterocycles. The molecule has 7 nitrogen and oxygen atoms in total. The Hall–Kier alpha value is -3.35. The maximum atomic E-state index is 12.5. The summed E-state index contributed by atoms with van der Waals surface area (Å²) in [5.41, 5.74) is 1.24. The summed E-state index contributed by atoms with van der Waals surface area (Å²) < 4.78 is 6.30. The highest BCUT2D eigenvalue weighted by Gasteiger charge is 2.14. The first-order chi connectivity index (χ1) is 13.2. The van der Waals surface area contributed by atoms with E-state index in [9.17, 15) is 9.59 Å². The van der Waals surface area contributed by atoms with E-state index in [1.807, 2.05) is 18.2 Å². The largest absolute Gasteiger partial charge is 0.496 e. The molecule has 7 heteroatoms. The lowest BCUT2D eigenvalue weighted by molar-refractivity contribution is 0.414. The zero-order valence-corrected chi connectivity index (χ0v) is 15.0. The number of aromatic amines is 1. The van der Waals surface area contributed by atoms with Crippen molar-refractivity contribution in [2.45, 2.75) is 12.8 Å². The van der Waals surface area contributed by atoms with Crippen LogP contribution in [-0.2, 0) is 0 Å². The highest BCUT2D eigenvalue weighted by Crippen LogP contribution is 2.27. The van der Waals surface area contributed by atoms with Crippen LogP contribution in [0.5, 0.6) is 5.75 Å². The van der Waals surface area contributed by atoms with Crippen LogP contribution in [0.4, 0.5) is 5.69 Å². The van der Waals surface area contributed by atoms with Gasteiger partial charge in [0.15, 0.2) is 0 Å². The molecule has 1 fully saturated rings.